The molecule has 0 spiro atoms. The van der Waals surface area contributed by atoms with Crippen LogP contribution in [0.2, 0.25) is 0 Å². The van der Waals surface area contributed by atoms with E-state index in [1.807, 2.05) is 0 Å². The van der Waals surface area contributed by atoms with Gasteiger partial charge in [0.05, 0.1) is 6.61 Å². The van der Waals surface area contributed by atoms with Crippen molar-refractivity contribution in [3.63, 3.8) is 0 Å². The molecule has 0 aliphatic carbocycles. The Morgan fingerprint density at radius 2 is 2.24 bits per heavy atom. The Labute approximate surface area is 102 Å². The maximum Gasteiger partial charge on any atom is 0.412 e. The Bertz CT molecular complexity index is 360. The van der Waals surface area contributed by atoms with Crippen LogP contribution >= 0.6 is 0 Å². The van der Waals surface area contributed by atoms with Crippen LogP contribution in [0.4, 0.5) is 10.6 Å². The summed E-state index contributed by atoms with van der Waals surface area (Å²) in [6.45, 7) is 6.93. The molecule has 0 saturated heterocycles. The highest BCUT2D eigenvalue weighted by Gasteiger charge is 2.09. The lowest BCUT2D eigenvalue weighted by Crippen LogP contribution is -2.17. The first kappa shape index (κ1) is 13.5. The molecule has 0 saturated carbocycles. The third kappa shape index (κ3) is 4.89. The Morgan fingerprint density at radius 1 is 1.53 bits per heavy atom. The number of anilines is 1. The molecular weight excluding hydrogens is 218 g/mol. The first-order valence-corrected chi connectivity index (χ1v) is 5.92. The van der Waals surface area contributed by atoms with Gasteiger partial charge in [0, 0.05) is 19.3 Å². The number of aromatic nitrogens is 2. The summed E-state index contributed by atoms with van der Waals surface area (Å²) < 4.78 is 6.70. The Morgan fingerprint density at radius 3 is 2.76 bits per heavy atom. The number of hydrogen-bond donors (Lipinski definition) is 1. The van der Waals surface area contributed by atoms with Crippen molar-refractivity contribution < 1.29 is 9.53 Å². The van der Waals surface area contributed by atoms with Gasteiger partial charge < -0.3 is 4.74 Å². The van der Waals surface area contributed by atoms with Gasteiger partial charge >= 0.3 is 6.09 Å². The molecule has 5 heteroatoms. The van der Waals surface area contributed by atoms with E-state index in [1.54, 1.807) is 24.0 Å². The average Bonchev–Trinajstić information content (AvgIpc) is 2.63. The zero-order valence-electron chi connectivity index (χ0n) is 10.9. The van der Waals surface area contributed by atoms with Crippen LogP contribution in [-0.2, 0) is 11.8 Å². The third-order valence-corrected chi connectivity index (χ3v) is 2.89. The van der Waals surface area contributed by atoms with Crippen LogP contribution in [0.25, 0.3) is 0 Å². The second-order valence-corrected chi connectivity index (χ2v) is 4.65. The second kappa shape index (κ2) is 6.27. The molecule has 1 aromatic rings. The molecule has 1 amide bonds. The number of amides is 1. The van der Waals surface area contributed by atoms with Crippen molar-refractivity contribution in [1.82, 2.24) is 9.78 Å². The van der Waals surface area contributed by atoms with Crippen molar-refractivity contribution in [1.29, 1.82) is 0 Å². The average molecular weight is 239 g/mol. The first-order valence-electron chi connectivity index (χ1n) is 5.92. The summed E-state index contributed by atoms with van der Waals surface area (Å²) in [5.41, 5.74) is 0. The lowest BCUT2D eigenvalue weighted by atomic mass is 9.95. The van der Waals surface area contributed by atoms with Crippen LogP contribution in [0.3, 0.4) is 0 Å². The van der Waals surface area contributed by atoms with E-state index in [0.29, 0.717) is 24.3 Å². The summed E-state index contributed by atoms with van der Waals surface area (Å²) in [5, 5.41) is 6.60. The minimum atomic E-state index is -0.445. The lowest BCUT2D eigenvalue weighted by molar-refractivity contribution is 0.150. The van der Waals surface area contributed by atoms with Crippen LogP contribution in [0.5, 0.6) is 0 Å². The summed E-state index contributed by atoms with van der Waals surface area (Å²) in [6, 6.07) is 1.72. The molecule has 0 fully saturated rings. The Kier molecular flexibility index (Phi) is 5.00. The van der Waals surface area contributed by atoms with Crippen LogP contribution in [0.15, 0.2) is 12.3 Å². The standard InChI is InChI=1S/C12H21N3O2/c1-9(2)10(3)6-8-17-12(16)13-11-5-7-15(4)14-11/h5,7,9-10H,6,8H2,1-4H3,(H,13,14,16)/t10-/m1/s1. The van der Waals surface area contributed by atoms with Crippen molar-refractivity contribution in [2.24, 2.45) is 18.9 Å². The number of hydrogen-bond acceptors (Lipinski definition) is 3. The van der Waals surface area contributed by atoms with Gasteiger partial charge in [-0.15, -0.1) is 0 Å². The molecule has 0 radical (unpaired) electrons. The summed E-state index contributed by atoms with van der Waals surface area (Å²) >= 11 is 0. The molecule has 0 aliphatic rings. The number of carbonyl (C=O) groups excluding carboxylic acids is 1. The molecular formula is C12H21N3O2. The molecule has 96 valence electrons. The molecule has 0 bridgehead atoms. The molecule has 1 aromatic heterocycles. The highest BCUT2D eigenvalue weighted by Crippen LogP contribution is 2.13. The minimum Gasteiger partial charge on any atom is -0.449 e. The maximum absolute atomic E-state index is 11.4. The van der Waals surface area contributed by atoms with Gasteiger partial charge in [0.25, 0.3) is 0 Å². The molecule has 1 atom stereocenters. The number of nitrogens with one attached hydrogen (secondary N) is 1. The maximum atomic E-state index is 11.4. The molecule has 0 aromatic carbocycles. The molecule has 0 aliphatic heterocycles. The molecule has 1 N–H and O–H groups in total. The molecule has 17 heavy (non-hydrogen) atoms. The fourth-order valence-corrected chi connectivity index (χ4v) is 1.29. The quantitative estimate of drug-likeness (QED) is 0.859. The van der Waals surface area contributed by atoms with E-state index in [0.717, 1.165) is 6.42 Å². The largest absolute Gasteiger partial charge is 0.449 e. The number of aryl methyl sites for hydroxylation is 1. The fraction of sp³-hybridized carbons (Fsp3) is 0.667. The van der Waals surface area contributed by atoms with E-state index in [2.05, 4.69) is 31.2 Å². The second-order valence-electron chi connectivity index (χ2n) is 4.65. The molecule has 1 heterocycles. The van der Waals surface area contributed by atoms with Gasteiger partial charge in [-0.2, -0.15) is 5.10 Å². The number of carbonyl (C=O) groups is 1. The number of rotatable bonds is 5. The van der Waals surface area contributed by atoms with Gasteiger partial charge in [-0.05, 0) is 18.3 Å². The van der Waals surface area contributed by atoms with Crippen LogP contribution < -0.4 is 5.32 Å². The number of ether oxygens (including phenoxy) is 1. The van der Waals surface area contributed by atoms with E-state index < -0.39 is 6.09 Å². The Hall–Kier alpha value is -1.52. The predicted octanol–water partition coefficient (Wildman–Crippen LogP) is 2.65. The summed E-state index contributed by atoms with van der Waals surface area (Å²) in [7, 11) is 1.79. The fourth-order valence-electron chi connectivity index (χ4n) is 1.29. The van der Waals surface area contributed by atoms with Crippen LogP contribution in [-0.4, -0.2) is 22.5 Å². The monoisotopic (exact) mass is 239 g/mol. The minimum absolute atomic E-state index is 0.442. The van der Waals surface area contributed by atoms with Crippen LogP contribution in [0, 0.1) is 11.8 Å². The normalized spacial score (nSPS) is 12.5. The lowest BCUT2D eigenvalue weighted by Gasteiger charge is -2.14. The van der Waals surface area contributed by atoms with Gasteiger partial charge in [-0.1, -0.05) is 20.8 Å². The first-order chi connectivity index (χ1) is 7.99. The summed E-state index contributed by atoms with van der Waals surface area (Å²) in [5.74, 6) is 1.67. The predicted molar refractivity (Wildman–Crippen MR) is 66.8 cm³/mol. The van der Waals surface area contributed by atoms with Crippen molar-refractivity contribution in [3.8, 4) is 0 Å². The van der Waals surface area contributed by atoms with Gasteiger partial charge in [-0.3, -0.25) is 10.00 Å². The highest BCUT2D eigenvalue weighted by molar-refractivity contribution is 5.83. The smallest absolute Gasteiger partial charge is 0.412 e. The van der Waals surface area contributed by atoms with E-state index in [-0.39, 0.29) is 0 Å². The van der Waals surface area contributed by atoms with E-state index in [1.165, 1.54) is 0 Å². The van der Waals surface area contributed by atoms with Gasteiger partial charge in [0.2, 0.25) is 0 Å². The van der Waals surface area contributed by atoms with Crippen molar-refractivity contribution >= 4 is 11.9 Å². The highest BCUT2D eigenvalue weighted by atomic mass is 16.5. The van der Waals surface area contributed by atoms with Gasteiger partial charge in [0.1, 0.15) is 0 Å². The molecule has 5 nitrogen and oxygen atoms in total. The zero-order chi connectivity index (χ0) is 12.8. The van der Waals surface area contributed by atoms with E-state index in [4.69, 9.17) is 4.74 Å². The van der Waals surface area contributed by atoms with Crippen molar-refractivity contribution in [2.75, 3.05) is 11.9 Å². The van der Waals surface area contributed by atoms with Gasteiger partial charge in [0.15, 0.2) is 5.82 Å². The van der Waals surface area contributed by atoms with E-state index >= 15 is 0 Å². The van der Waals surface area contributed by atoms with Crippen molar-refractivity contribution in [2.45, 2.75) is 27.2 Å². The number of nitrogens with zero attached hydrogens (tertiary/aromatic N) is 2. The van der Waals surface area contributed by atoms with E-state index in [9.17, 15) is 4.79 Å². The Balaban J connectivity index is 2.22. The SMILES string of the molecule is CC(C)[C@H](C)CCOC(=O)Nc1ccn(C)n1. The summed E-state index contributed by atoms with van der Waals surface area (Å²) in [4.78, 5) is 11.4. The topological polar surface area (TPSA) is 56.1 Å². The van der Waals surface area contributed by atoms with Gasteiger partial charge in [-0.25, -0.2) is 4.79 Å². The van der Waals surface area contributed by atoms with Crippen LogP contribution in [0.1, 0.15) is 27.2 Å². The summed E-state index contributed by atoms with van der Waals surface area (Å²) in [6.07, 6.45) is 2.20. The van der Waals surface area contributed by atoms with Crippen molar-refractivity contribution in [3.05, 3.63) is 12.3 Å². The third-order valence-electron chi connectivity index (χ3n) is 2.89. The molecule has 1 rings (SSSR count). The zero-order valence-corrected chi connectivity index (χ0v) is 10.9. The molecule has 0 unspecified atom stereocenters.